The van der Waals surface area contributed by atoms with Crippen molar-refractivity contribution in [2.45, 2.75) is 33.7 Å². The lowest BCUT2D eigenvalue weighted by molar-refractivity contribution is 0.102. The van der Waals surface area contributed by atoms with E-state index in [0.29, 0.717) is 42.9 Å². The van der Waals surface area contributed by atoms with E-state index in [-0.39, 0.29) is 11.9 Å². The standard InChI is InChI=1S/C19H27N3O3/c1-5-24-11-12-25-17-8-6-7-16(13-17)19(23)21-18-9-10-20-22(18)15(4)14(2)3/h6-10,13-15H,5,11-12H2,1-4H3,(H,21,23). The topological polar surface area (TPSA) is 65.4 Å². The van der Waals surface area contributed by atoms with Crippen LogP contribution >= 0.6 is 0 Å². The molecule has 6 nitrogen and oxygen atoms in total. The number of nitrogens with one attached hydrogen (secondary N) is 1. The van der Waals surface area contributed by atoms with Gasteiger partial charge in [-0.1, -0.05) is 19.9 Å². The van der Waals surface area contributed by atoms with Crippen molar-refractivity contribution in [3.8, 4) is 5.75 Å². The molecule has 0 fully saturated rings. The van der Waals surface area contributed by atoms with Crippen LogP contribution < -0.4 is 10.1 Å². The van der Waals surface area contributed by atoms with Gasteiger partial charge < -0.3 is 14.8 Å². The van der Waals surface area contributed by atoms with Crippen molar-refractivity contribution >= 4 is 11.7 Å². The Kier molecular flexibility index (Phi) is 7.01. The Hall–Kier alpha value is -2.34. The van der Waals surface area contributed by atoms with E-state index in [1.54, 1.807) is 30.5 Å². The Bertz CT molecular complexity index is 682. The lowest BCUT2D eigenvalue weighted by Gasteiger charge is -2.19. The van der Waals surface area contributed by atoms with Crippen LogP contribution in [0.4, 0.5) is 5.82 Å². The summed E-state index contributed by atoms with van der Waals surface area (Å²) in [4.78, 5) is 12.6. The highest BCUT2D eigenvalue weighted by Gasteiger charge is 2.16. The number of aromatic nitrogens is 2. The van der Waals surface area contributed by atoms with Gasteiger partial charge >= 0.3 is 0 Å². The summed E-state index contributed by atoms with van der Waals surface area (Å²) in [6, 6.07) is 9.12. The van der Waals surface area contributed by atoms with Crippen molar-refractivity contribution in [3.05, 3.63) is 42.1 Å². The van der Waals surface area contributed by atoms with Gasteiger partial charge in [0, 0.05) is 18.2 Å². The highest BCUT2D eigenvalue weighted by molar-refractivity contribution is 6.04. The van der Waals surface area contributed by atoms with Crippen molar-refractivity contribution in [1.82, 2.24) is 9.78 Å². The van der Waals surface area contributed by atoms with Crippen LogP contribution in [0.3, 0.4) is 0 Å². The molecule has 0 saturated heterocycles. The first kappa shape index (κ1) is 19.0. The molecular formula is C19H27N3O3. The second-order valence-electron chi connectivity index (χ2n) is 6.17. The van der Waals surface area contributed by atoms with Crippen LogP contribution in [-0.4, -0.2) is 35.5 Å². The molecule has 1 amide bonds. The van der Waals surface area contributed by atoms with E-state index in [9.17, 15) is 4.79 Å². The Labute approximate surface area is 149 Å². The van der Waals surface area contributed by atoms with E-state index in [1.165, 1.54) is 0 Å². The number of hydrogen-bond acceptors (Lipinski definition) is 4. The molecule has 0 aliphatic carbocycles. The van der Waals surface area contributed by atoms with Crippen molar-refractivity contribution in [2.24, 2.45) is 5.92 Å². The molecular weight excluding hydrogens is 318 g/mol. The van der Waals surface area contributed by atoms with Crippen LogP contribution in [0.25, 0.3) is 0 Å². The molecule has 136 valence electrons. The second-order valence-corrected chi connectivity index (χ2v) is 6.17. The third-order valence-electron chi connectivity index (χ3n) is 4.06. The summed E-state index contributed by atoms with van der Waals surface area (Å²) in [6.45, 7) is 9.92. The monoisotopic (exact) mass is 345 g/mol. The van der Waals surface area contributed by atoms with Crippen LogP contribution in [0.1, 0.15) is 44.1 Å². The van der Waals surface area contributed by atoms with E-state index < -0.39 is 0 Å². The summed E-state index contributed by atoms with van der Waals surface area (Å²) in [5, 5.41) is 7.25. The number of carbonyl (C=O) groups excluding carboxylic acids is 1. The number of ether oxygens (including phenoxy) is 2. The molecule has 0 spiro atoms. The molecule has 2 rings (SSSR count). The van der Waals surface area contributed by atoms with E-state index in [2.05, 4.69) is 31.2 Å². The number of hydrogen-bond donors (Lipinski definition) is 1. The lowest BCUT2D eigenvalue weighted by atomic mass is 10.1. The normalized spacial score (nSPS) is 12.2. The highest BCUT2D eigenvalue weighted by Crippen LogP contribution is 2.22. The van der Waals surface area contributed by atoms with Crippen molar-refractivity contribution in [3.63, 3.8) is 0 Å². The Morgan fingerprint density at radius 3 is 2.76 bits per heavy atom. The molecule has 6 heteroatoms. The summed E-state index contributed by atoms with van der Waals surface area (Å²) in [5.41, 5.74) is 0.541. The zero-order chi connectivity index (χ0) is 18.2. The van der Waals surface area contributed by atoms with E-state index in [0.717, 1.165) is 0 Å². The van der Waals surface area contributed by atoms with Gasteiger partial charge in [-0.15, -0.1) is 0 Å². The Morgan fingerprint density at radius 2 is 2.04 bits per heavy atom. The summed E-state index contributed by atoms with van der Waals surface area (Å²) < 4.78 is 12.7. The number of carbonyl (C=O) groups is 1. The van der Waals surface area contributed by atoms with Crippen LogP contribution in [-0.2, 0) is 4.74 Å². The molecule has 1 aromatic heterocycles. The van der Waals surface area contributed by atoms with Crippen LogP contribution in [0.2, 0.25) is 0 Å². The van der Waals surface area contributed by atoms with E-state index >= 15 is 0 Å². The van der Waals surface area contributed by atoms with Gasteiger partial charge in [0.15, 0.2) is 0 Å². The van der Waals surface area contributed by atoms with Gasteiger partial charge in [0.25, 0.3) is 5.91 Å². The van der Waals surface area contributed by atoms with E-state index in [1.807, 2.05) is 17.7 Å². The fourth-order valence-corrected chi connectivity index (χ4v) is 2.30. The molecule has 1 unspecified atom stereocenters. The maximum atomic E-state index is 12.6. The van der Waals surface area contributed by atoms with Gasteiger partial charge in [-0.25, -0.2) is 4.68 Å². The average Bonchev–Trinajstić information content (AvgIpc) is 3.06. The number of benzene rings is 1. The molecule has 0 aliphatic rings. The first-order valence-corrected chi connectivity index (χ1v) is 8.68. The quantitative estimate of drug-likeness (QED) is 0.703. The minimum atomic E-state index is -0.187. The largest absolute Gasteiger partial charge is 0.491 e. The van der Waals surface area contributed by atoms with Gasteiger partial charge in [-0.2, -0.15) is 5.10 Å². The van der Waals surface area contributed by atoms with Gasteiger partial charge in [-0.3, -0.25) is 4.79 Å². The van der Waals surface area contributed by atoms with Crippen molar-refractivity contribution in [2.75, 3.05) is 25.1 Å². The van der Waals surface area contributed by atoms with Crippen LogP contribution in [0.15, 0.2) is 36.5 Å². The van der Waals surface area contributed by atoms with Crippen molar-refractivity contribution < 1.29 is 14.3 Å². The minimum Gasteiger partial charge on any atom is -0.491 e. The zero-order valence-electron chi connectivity index (χ0n) is 15.4. The van der Waals surface area contributed by atoms with Gasteiger partial charge in [0.2, 0.25) is 0 Å². The Balaban J connectivity index is 2.03. The fourth-order valence-electron chi connectivity index (χ4n) is 2.30. The number of rotatable bonds is 9. The molecule has 25 heavy (non-hydrogen) atoms. The average molecular weight is 345 g/mol. The molecule has 1 atom stereocenters. The number of anilines is 1. The fraction of sp³-hybridized carbons (Fsp3) is 0.474. The SMILES string of the molecule is CCOCCOc1cccc(C(=O)Nc2ccnn2C(C)C(C)C)c1. The highest BCUT2D eigenvalue weighted by atomic mass is 16.5. The molecule has 0 radical (unpaired) electrons. The zero-order valence-corrected chi connectivity index (χ0v) is 15.4. The van der Waals surface area contributed by atoms with Crippen molar-refractivity contribution in [1.29, 1.82) is 0 Å². The minimum absolute atomic E-state index is 0.187. The second kappa shape index (κ2) is 9.22. The summed E-state index contributed by atoms with van der Waals surface area (Å²) in [6.07, 6.45) is 1.70. The number of amides is 1. The predicted molar refractivity (Wildman–Crippen MR) is 98.2 cm³/mol. The molecule has 1 heterocycles. The van der Waals surface area contributed by atoms with Crippen LogP contribution in [0, 0.1) is 5.92 Å². The molecule has 0 bridgehead atoms. The van der Waals surface area contributed by atoms with Crippen LogP contribution in [0.5, 0.6) is 5.75 Å². The molecule has 1 N–H and O–H groups in total. The summed E-state index contributed by atoms with van der Waals surface area (Å²) in [7, 11) is 0. The van der Waals surface area contributed by atoms with E-state index in [4.69, 9.17) is 9.47 Å². The van der Waals surface area contributed by atoms with Gasteiger partial charge in [0.05, 0.1) is 18.8 Å². The molecule has 0 aliphatic heterocycles. The third kappa shape index (κ3) is 5.32. The first-order valence-electron chi connectivity index (χ1n) is 8.68. The summed E-state index contributed by atoms with van der Waals surface area (Å²) in [5.74, 6) is 1.57. The lowest BCUT2D eigenvalue weighted by Crippen LogP contribution is -2.20. The molecule has 2 aromatic rings. The molecule has 0 saturated carbocycles. The van der Waals surface area contributed by atoms with Gasteiger partial charge in [0.1, 0.15) is 18.2 Å². The number of nitrogens with zero attached hydrogens (tertiary/aromatic N) is 2. The smallest absolute Gasteiger partial charge is 0.256 e. The first-order chi connectivity index (χ1) is 12.0. The summed E-state index contributed by atoms with van der Waals surface area (Å²) >= 11 is 0. The third-order valence-corrected chi connectivity index (χ3v) is 4.06. The van der Waals surface area contributed by atoms with Gasteiger partial charge in [-0.05, 0) is 38.0 Å². The maximum absolute atomic E-state index is 12.6. The molecule has 1 aromatic carbocycles. The predicted octanol–water partition coefficient (Wildman–Crippen LogP) is 3.77. The maximum Gasteiger partial charge on any atom is 0.256 e. The Morgan fingerprint density at radius 1 is 1.24 bits per heavy atom.